The van der Waals surface area contributed by atoms with Crippen molar-refractivity contribution in [1.29, 1.82) is 0 Å². The molecule has 25 heavy (non-hydrogen) atoms. The Kier molecular flexibility index (Phi) is 4.07. The minimum atomic E-state index is 0.581. The average molecular weight is 345 g/mol. The fourth-order valence-corrected chi connectivity index (χ4v) is 3.57. The molecule has 4 rings (SSSR count). The number of carbonyl (C=O) groups is 1. The molecule has 122 valence electrons. The highest BCUT2D eigenvalue weighted by atomic mass is 32.2. The van der Waals surface area contributed by atoms with Crippen molar-refractivity contribution in [1.82, 2.24) is 14.8 Å². The molecular formula is C20H15N3OS. The summed E-state index contributed by atoms with van der Waals surface area (Å²) in [5.74, 6) is 0. The summed E-state index contributed by atoms with van der Waals surface area (Å²) in [6.07, 6.45) is 0.858. The number of fused-ring (bicyclic) bond motifs is 1. The van der Waals surface area contributed by atoms with Crippen LogP contribution in [0.15, 0.2) is 76.7 Å². The van der Waals surface area contributed by atoms with Crippen LogP contribution in [-0.4, -0.2) is 21.1 Å². The van der Waals surface area contributed by atoms with Gasteiger partial charge in [-0.3, -0.25) is 4.79 Å². The molecule has 0 aliphatic carbocycles. The molecule has 0 saturated carbocycles. The van der Waals surface area contributed by atoms with E-state index >= 15 is 0 Å². The van der Waals surface area contributed by atoms with Crippen molar-refractivity contribution in [2.45, 2.75) is 16.8 Å². The predicted molar refractivity (Wildman–Crippen MR) is 99.6 cm³/mol. The first-order chi connectivity index (χ1) is 12.3. The second-order valence-electron chi connectivity index (χ2n) is 5.62. The maximum atomic E-state index is 11.6. The third-order valence-corrected chi connectivity index (χ3v) is 4.95. The monoisotopic (exact) mass is 345 g/mol. The molecule has 2 aromatic carbocycles. The number of nitrogens with zero attached hydrogens (tertiary/aromatic N) is 3. The number of rotatable bonds is 4. The lowest BCUT2D eigenvalue weighted by molar-refractivity contribution is 0.112. The standard InChI is InChI=1S/C20H15N3OS/c1-14-18-12-15(13-24)20(25-17-10-6-3-7-11-17)21-19(18)23(22-14)16-8-4-2-5-9-16/h2-13H,1H3. The number of aromatic nitrogens is 3. The summed E-state index contributed by atoms with van der Waals surface area (Å²) in [5.41, 5.74) is 3.14. The van der Waals surface area contributed by atoms with Crippen LogP contribution in [0.25, 0.3) is 16.7 Å². The quantitative estimate of drug-likeness (QED) is 0.503. The van der Waals surface area contributed by atoms with E-state index in [1.54, 1.807) is 0 Å². The number of carbonyl (C=O) groups excluding carboxylic acids is 1. The minimum absolute atomic E-state index is 0.581. The Morgan fingerprint density at radius 3 is 2.36 bits per heavy atom. The number of benzene rings is 2. The van der Waals surface area contributed by atoms with E-state index in [0.29, 0.717) is 10.6 Å². The maximum absolute atomic E-state index is 11.6. The van der Waals surface area contributed by atoms with Gasteiger partial charge in [0.05, 0.1) is 11.4 Å². The molecule has 0 saturated heterocycles. The molecule has 2 aromatic heterocycles. The minimum Gasteiger partial charge on any atom is -0.298 e. The van der Waals surface area contributed by atoms with Crippen LogP contribution >= 0.6 is 11.8 Å². The molecule has 0 amide bonds. The first-order valence-corrected chi connectivity index (χ1v) is 8.72. The predicted octanol–water partition coefficient (Wildman–Crippen LogP) is 4.69. The van der Waals surface area contributed by atoms with Gasteiger partial charge in [-0.1, -0.05) is 48.2 Å². The third kappa shape index (κ3) is 2.94. The van der Waals surface area contributed by atoms with Gasteiger partial charge in [-0.15, -0.1) is 0 Å². The van der Waals surface area contributed by atoms with Crippen molar-refractivity contribution in [2.24, 2.45) is 0 Å². The molecule has 0 spiro atoms. The van der Waals surface area contributed by atoms with Crippen LogP contribution in [0.4, 0.5) is 0 Å². The van der Waals surface area contributed by atoms with E-state index in [-0.39, 0.29) is 0 Å². The summed E-state index contributed by atoms with van der Waals surface area (Å²) in [4.78, 5) is 17.4. The number of aldehydes is 1. The van der Waals surface area contributed by atoms with Crippen molar-refractivity contribution in [3.05, 3.63) is 78.0 Å². The Morgan fingerprint density at radius 2 is 1.68 bits per heavy atom. The van der Waals surface area contributed by atoms with Crippen LogP contribution in [0.1, 0.15) is 16.1 Å². The van der Waals surface area contributed by atoms with Crippen molar-refractivity contribution in [3.63, 3.8) is 0 Å². The van der Waals surface area contributed by atoms with E-state index in [0.717, 1.165) is 33.6 Å². The van der Waals surface area contributed by atoms with Gasteiger partial charge in [0.1, 0.15) is 5.03 Å². The lowest BCUT2D eigenvalue weighted by atomic mass is 10.2. The second kappa shape index (κ2) is 6.53. The Hall–Kier alpha value is -2.92. The molecule has 0 unspecified atom stereocenters. The van der Waals surface area contributed by atoms with Crippen LogP contribution in [0.5, 0.6) is 0 Å². The average Bonchev–Trinajstić information content (AvgIpc) is 2.98. The SMILES string of the molecule is Cc1nn(-c2ccccc2)c2nc(Sc3ccccc3)c(C=O)cc12. The number of hydrogen-bond donors (Lipinski definition) is 0. The van der Waals surface area contributed by atoms with Gasteiger partial charge in [0.2, 0.25) is 0 Å². The Labute approximate surface area is 149 Å². The van der Waals surface area contributed by atoms with Crippen LogP contribution in [-0.2, 0) is 0 Å². The topological polar surface area (TPSA) is 47.8 Å². The number of hydrogen-bond acceptors (Lipinski definition) is 4. The van der Waals surface area contributed by atoms with Gasteiger partial charge in [0, 0.05) is 15.8 Å². The van der Waals surface area contributed by atoms with E-state index in [2.05, 4.69) is 5.10 Å². The highest BCUT2D eigenvalue weighted by Gasteiger charge is 2.15. The lowest BCUT2D eigenvalue weighted by Gasteiger charge is -2.07. The van der Waals surface area contributed by atoms with E-state index in [1.807, 2.05) is 78.3 Å². The number of aryl methyl sites for hydroxylation is 1. The van der Waals surface area contributed by atoms with Crippen molar-refractivity contribution >= 4 is 29.1 Å². The molecule has 2 heterocycles. The van der Waals surface area contributed by atoms with Crippen LogP contribution in [0, 0.1) is 6.92 Å². The van der Waals surface area contributed by atoms with Crippen LogP contribution < -0.4 is 0 Å². The summed E-state index contributed by atoms with van der Waals surface area (Å²) >= 11 is 1.48. The van der Waals surface area contributed by atoms with Crippen LogP contribution in [0.3, 0.4) is 0 Å². The fourth-order valence-electron chi connectivity index (χ4n) is 2.70. The van der Waals surface area contributed by atoms with E-state index in [4.69, 9.17) is 4.98 Å². The van der Waals surface area contributed by atoms with Gasteiger partial charge in [-0.2, -0.15) is 5.10 Å². The van der Waals surface area contributed by atoms with E-state index < -0.39 is 0 Å². The molecule has 0 radical (unpaired) electrons. The number of pyridine rings is 1. The fraction of sp³-hybridized carbons (Fsp3) is 0.0500. The Morgan fingerprint density at radius 1 is 1.00 bits per heavy atom. The highest BCUT2D eigenvalue weighted by Crippen LogP contribution is 2.31. The highest BCUT2D eigenvalue weighted by molar-refractivity contribution is 7.99. The van der Waals surface area contributed by atoms with Crippen molar-refractivity contribution < 1.29 is 4.79 Å². The Bertz CT molecular complexity index is 1040. The summed E-state index contributed by atoms with van der Waals surface area (Å²) in [7, 11) is 0. The summed E-state index contributed by atoms with van der Waals surface area (Å²) in [6, 6.07) is 21.7. The van der Waals surface area contributed by atoms with Gasteiger partial charge in [0.15, 0.2) is 11.9 Å². The molecular weight excluding hydrogens is 330 g/mol. The molecule has 4 aromatic rings. The first-order valence-electron chi connectivity index (χ1n) is 7.90. The summed E-state index contributed by atoms with van der Waals surface area (Å²) in [5, 5.41) is 6.19. The molecule has 4 nitrogen and oxygen atoms in total. The van der Waals surface area contributed by atoms with E-state index in [1.165, 1.54) is 11.8 Å². The molecule has 5 heteroatoms. The Balaban J connectivity index is 1.90. The van der Waals surface area contributed by atoms with Gasteiger partial charge >= 0.3 is 0 Å². The van der Waals surface area contributed by atoms with Gasteiger partial charge < -0.3 is 0 Å². The zero-order chi connectivity index (χ0) is 17.2. The molecule has 0 aliphatic rings. The molecule has 0 fully saturated rings. The zero-order valence-corrected chi connectivity index (χ0v) is 14.4. The van der Waals surface area contributed by atoms with Crippen molar-refractivity contribution in [3.8, 4) is 5.69 Å². The summed E-state index contributed by atoms with van der Waals surface area (Å²) in [6.45, 7) is 1.93. The maximum Gasteiger partial charge on any atom is 0.164 e. The van der Waals surface area contributed by atoms with Crippen molar-refractivity contribution in [2.75, 3.05) is 0 Å². The third-order valence-electron chi connectivity index (χ3n) is 3.92. The second-order valence-corrected chi connectivity index (χ2v) is 6.68. The van der Waals surface area contributed by atoms with E-state index in [9.17, 15) is 4.79 Å². The largest absolute Gasteiger partial charge is 0.298 e. The molecule has 0 bridgehead atoms. The zero-order valence-electron chi connectivity index (χ0n) is 13.6. The van der Waals surface area contributed by atoms with Crippen LogP contribution in [0.2, 0.25) is 0 Å². The summed E-state index contributed by atoms with van der Waals surface area (Å²) < 4.78 is 1.83. The van der Waals surface area contributed by atoms with Gasteiger partial charge in [0.25, 0.3) is 0 Å². The van der Waals surface area contributed by atoms with Gasteiger partial charge in [-0.05, 0) is 37.3 Å². The smallest absolute Gasteiger partial charge is 0.164 e. The lowest BCUT2D eigenvalue weighted by Crippen LogP contribution is -1.99. The number of para-hydroxylation sites is 1. The van der Waals surface area contributed by atoms with Gasteiger partial charge in [-0.25, -0.2) is 9.67 Å². The normalized spacial score (nSPS) is 10.9. The first kappa shape index (κ1) is 15.6. The molecule has 0 aliphatic heterocycles. The molecule has 0 N–H and O–H groups in total. The molecule has 0 atom stereocenters.